The van der Waals surface area contributed by atoms with Crippen molar-refractivity contribution in [3.05, 3.63) is 69.8 Å². The van der Waals surface area contributed by atoms with Crippen LogP contribution in [0, 0.1) is 5.92 Å². The van der Waals surface area contributed by atoms with Gasteiger partial charge < -0.3 is 14.8 Å². The standard InChI is InChI=1S/C21H22BrNO4/c1-14(2)13-27-21(25)19(11-15-7-9-18(26-3)10-8-15)23-20(24)16-5-4-6-17(22)12-16/h4-12,14H,13H2,1-3H3,(H,23,24)/b19-11-. The number of hydrogen-bond acceptors (Lipinski definition) is 4. The van der Waals surface area contributed by atoms with Gasteiger partial charge in [0.2, 0.25) is 0 Å². The zero-order chi connectivity index (χ0) is 19.8. The summed E-state index contributed by atoms with van der Waals surface area (Å²) >= 11 is 3.34. The average Bonchev–Trinajstić information content (AvgIpc) is 2.66. The van der Waals surface area contributed by atoms with Crippen molar-refractivity contribution in [2.45, 2.75) is 13.8 Å². The smallest absolute Gasteiger partial charge is 0.354 e. The number of methoxy groups -OCH3 is 1. The molecule has 0 bridgehead atoms. The van der Waals surface area contributed by atoms with Crippen molar-refractivity contribution in [3.8, 4) is 5.75 Å². The SMILES string of the molecule is COc1ccc(/C=C(\NC(=O)c2cccc(Br)c2)C(=O)OCC(C)C)cc1. The van der Waals surface area contributed by atoms with Crippen LogP contribution in [0.1, 0.15) is 29.8 Å². The lowest BCUT2D eigenvalue weighted by atomic mass is 10.1. The van der Waals surface area contributed by atoms with Gasteiger partial charge in [0.1, 0.15) is 11.4 Å². The van der Waals surface area contributed by atoms with Crippen molar-refractivity contribution in [3.63, 3.8) is 0 Å². The molecule has 0 fully saturated rings. The summed E-state index contributed by atoms with van der Waals surface area (Å²) in [4.78, 5) is 25.0. The third kappa shape index (κ3) is 6.57. The fourth-order valence-corrected chi connectivity index (χ4v) is 2.56. The van der Waals surface area contributed by atoms with Crippen LogP contribution in [-0.4, -0.2) is 25.6 Å². The van der Waals surface area contributed by atoms with E-state index < -0.39 is 11.9 Å². The molecule has 2 rings (SSSR count). The van der Waals surface area contributed by atoms with E-state index in [-0.39, 0.29) is 18.2 Å². The largest absolute Gasteiger partial charge is 0.497 e. The Bertz CT molecular complexity index is 828. The predicted octanol–water partition coefficient (Wildman–Crippen LogP) is 4.43. The Morgan fingerprint density at radius 2 is 1.85 bits per heavy atom. The first-order valence-corrected chi connectivity index (χ1v) is 9.28. The van der Waals surface area contributed by atoms with Crippen LogP contribution in [0.5, 0.6) is 5.75 Å². The predicted molar refractivity (Wildman–Crippen MR) is 108 cm³/mol. The zero-order valence-corrected chi connectivity index (χ0v) is 17.1. The average molecular weight is 432 g/mol. The normalized spacial score (nSPS) is 11.2. The number of carbonyl (C=O) groups is 2. The fraction of sp³-hybridized carbons (Fsp3) is 0.238. The summed E-state index contributed by atoms with van der Waals surface area (Å²) in [6.45, 7) is 4.16. The topological polar surface area (TPSA) is 64.6 Å². The summed E-state index contributed by atoms with van der Waals surface area (Å²) in [5.74, 6) is -0.0772. The maximum atomic E-state index is 12.5. The maximum Gasteiger partial charge on any atom is 0.354 e. The first-order chi connectivity index (χ1) is 12.9. The van der Waals surface area contributed by atoms with Crippen molar-refractivity contribution in [2.24, 2.45) is 5.92 Å². The Morgan fingerprint density at radius 3 is 2.44 bits per heavy atom. The molecule has 142 valence electrons. The molecule has 0 radical (unpaired) electrons. The second-order valence-electron chi connectivity index (χ2n) is 6.29. The highest BCUT2D eigenvalue weighted by Gasteiger charge is 2.16. The minimum absolute atomic E-state index is 0.0748. The van der Waals surface area contributed by atoms with E-state index in [4.69, 9.17) is 9.47 Å². The molecule has 1 N–H and O–H groups in total. The molecule has 0 spiro atoms. The van der Waals surface area contributed by atoms with Gasteiger partial charge in [-0.1, -0.05) is 48.0 Å². The molecule has 0 saturated heterocycles. The summed E-state index contributed by atoms with van der Waals surface area (Å²) in [6, 6.07) is 14.1. The third-order valence-electron chi connectivity index (χ3n) is 3.53. The summed E-state index contributed by atoms with van der Waals surface area (Å²) < 4.78 is 11.2. The van der Waals surface area contributed by atoms with Gasteiger partial charge in [-0.2, -0.15) is 0 Å². The number of ether oxygens (including phenoxy) is 2. The molecule has 0 unspecified atom stereocenters. The van der Waals surface area contributed by atoms with Crippen LogP contribution < -0.4 is 10.1 Å². The number of benzene rings is 2. The molecule has 0 saturated carbocycles. The quantitative estimate of drug-likeness (QED) is 0.520. The maximum absolute atomic E-state index is 12.5. The summed E-state index contributed by atoms with van der Waals surface area (Å²) in [6.07, 6.45) is 1.58. The molecule has 0 aliphatic heterocycles. The molecule has 0 aliphatic carbocycles. The first-order valence-electron chi connectivity index (χ1n) is 8.49. The van der Waals surface area contributed by atoms with Gasteiger partial charge in [-0.15, -0.1) is 0 Å². The number of rotatable bonds is 7. The lowest BCUT2D eigenvalue weighted by Crippen LogP contribution is -2.29. The molecule has 2 aromatic carbocycles. The zero-order valence-electron chi connectivity index (χ0n) is 15.5. The highest BCUT2D eigenvalue weighted by Crippen LogP contribution is 2.15. The van der Waals surface area contributed by atoms with E-state index in [1.807, 2.05) is 19.9 Å². The van der Waals surface area contributed by atoms with Crippen molar-refractivity contribution < 1.29 is 19.1 Å². The van der Waals surface area contributed by atoms with E-state index in [2.05, 4.69) is 21.2 Å². The number of carbonyl (C=O) groups excluding carboxylic acids is 2. The number of halogens is 1. The Hall–Kier alpha value is -2.60. The van der Waals surface area contributed by atoms with Crippen LogP contribution in [0.4, 0.5) is 0 Å². The van der Waals surface area contributed by atoms with Crippen LogP contribution >= 0.6 is 15.9 Å². The van der Waals surface area contributed by atoms with Gasteiger partial charge in [-0.05, 0) is 47.9 Å². The fourth-order valence-electron chi connectivity index (χ4n) is 2.16. The third-order valence-corrected chi connectivity index (χ3v) is 4.02. The second kappa shape index (κ2) is 9.92. The van der Waals surface area contributed by atoms with E-state index in [1.54, 1.807) is 55.7 Å². The van der Waals surface area contributed by atoms with Crippen molar-refractivity contribution in [1.82, 2.24) is 5.32 Å². The Balaban J connectivity index is 2.26. The van der Waals surface area contributed by atoms with E-state index in [0.717, 1.165) is 10.0 Å². The first kappa shape index (κ1) is 20.7. The van der Waals surface area contributed by atoms with Gasteiger partial charge in [-0.3, -0.25) is 4.79 Å². The molecule has 0 atom stereocenters. The van der Waals surface area contributed by atoms with Crippen LogP contribution in [0.2, 0.25) is 0 Å². The van der Waals surface area contributed by atoms with Gasteiger partial charge in [0, 0.05) is 10.0 Å². The summed E-state index contributed by atoms with van der Waals surface area (Å²) in [7, 11) is 1.58. The van der Waals surface area contributed by atoms with E-state index >= 15 is 0 Å². The Morgan fingerprint density at radius 1 is 1.15 bits per heavy atom. The van der Waals surface area contributed by atoms with Gasteiger partial charge >= 0.3 is 5.97 Å². The molecule has 5 nitrogen and oxygen atoms in total. The number of esters is 1. The Labute approximate surface area is 167 Å². The van der Waals surface area contributed by atoms with Gasteiger partial charge in [0.25, 0.3) is 5.91 Å². The monoisotopic (exact) mass is 431 g/mol. The van der Waals surface area contributed by atoms with Crippen LogP contribution in [0.3, 0.4) is 0 Å². The number of nitrogens with one attached hydrogen (secondary N) is 1. The molecule has 0 aliphatic rings. The van der Waals surface area contributed by atoms with E-state index in [0.29, 0.717) is 11.3 Å². The van der Waals surface area contributed by atoms with Crippen LogP contribution in [0.15, 0.2) is 58.7 Å². The highest BCUT2D eigenvalue weighted by atomic mass is 79.9. The van der Waals surface area contributed by atoms with Crippen LogP contribution in [0.25, 0.3) is 6.08 Å². The molecule has 6 heteroatoms. The minimum atomic E-state index is -0.581. The molecular weight excluding hydrogens is 410 g/mol. The lowest BCUT2D eigenvalue weighted by molar-refractivity contribution is -0.140. The van der Waals surface area contributed by atoms with Crippen molar-refractivity contribution in [2.75, 3.05) is 13.7 Å². The van der Waals surface area contributed by atoms with Gasteiger partial charge in [0.05, 0.1) is 13.7 Å². The van der Waals surface area contributed by atoms with Gasteiger partial charge in [0.15, 0.2) is 0 Å². The number of amides is 1. The molecular formula is C21H22BrNO4. The minimum Gasteiger partial charge on any atom is -0.497 e. The second-order valence-corrected chi connectivity index (χ2v) is 7.20. The van der Waals surface area contributed by atoms with Gasteiger partial charge in [-0.25, -0.2) is 4.79 Å². The molecule has 27 heavy (non-hydrogen) atoms. The summed E-state index contributed by atoms with van der Waals surface area (Å²) in [5.41, 5.74) is 1.24. The number of hydrogen-bond donors (Lipinski definition) is 1. The van der Waals surface area contributed by atoms with Crippen molar-refractivity contribution >= 4 is 33.9 Å². The Kier molecular flexibility index (Phi) is 7.61. The molecule has 2 aromatic rings. The highest BCUT2D eigenvalue weighted by molar-refractivity contribution is 9.10. The molecule has 1 amide bonds. The summed E-state index contributed by atoms with van der Waals surface area (Å²) in [5, 5.41) is 2.66. The molecule has 0 aromatic heterocycles. The molecule has 0 heterocycles. The van der Waals surface area contributed by atoms with Crippen molar-refractivity contribution in [1.29, 1.82) is 0 Å². The lowest BCUT2D eigenvalue weighted by Gasteiger charge is -2.12. The van der Waals surface area contributed by atoms with E-state index in [9.17, 15) is 9.59 Å². The van der Waals surface area contributed by atoms with Crippen LogP contribution in [-0.2, 0) is 9.53 Å². The van der Waals surface area contributed by atoms with E-state index in [1.165, 1.54) is 0 Å².